The molecule has 15 heavy (non-hydrogen) atoms. The van der Waals surface area contributed by atoms with Gasteiger partial charge in [0.2, 0.25) is 5.91 Å². The Morgan fingerprint density at radius 3 is 3.00 bits per heavy atom. The average molecular weight is 320 g/mol. The summed E-state index contributed by atoms with van der Waals surface area (Å²) in [5.41, 5.74) is 6.32. The fourth-order valence-electron chi connectivity index (χ4n) is 1.06. The van der Waals surface area contributed by atoms with Gasteiger partial charge < -0.3 is 15.8 Å². The maximum atomic E-state index is 11.5. The molecule has 0 aliphatic rings. The monoisotopic (exact) mass is 320 g/mol. The molecule has 0 bridgehead atoms. The lowest BCUT2D eigenvalue weighted by molar-refractivity contribution is -0.118. The Balaban J connectivity index is 2.58. The van der Waals surface area contributed by atoms with Gasteiger partial charge in [-0.2, -0.15) is 0 Å². The van der Waals surface area contributed by atoms with Crippen LogP contribution in [0.25, 0.3) is 0 Å². The molecule has 0 heterocycles. The molecule has 1 aromatic carbocycles. The summed E-state index contributed by atoms with van der Waals surface area (Å²) in [4.78, 5) is 11.5. The van der Waals surface area contributed by atoms with Gasteiger partial charge in [0.1, 0.15) is 6.04 Å². The molecule has 0 radical (unpaired) electrons. The van der Waals surface area contributed by atoms with Crippen molar-refractivity contribution in [2.75, 3.05) is 19.0 Å². The van der Waals surface area contributed by atoms with Crippen molar-refractivity contribution < 1.29 is 9.53 Å². The van der Waals surface area contributed by atoms with Crippen molar-refractivity contribution in [3.05, 3.63) is 27.8 Å². The van der Waals surface area contributed by atoms with Crippen LogP contribution in [0.1, 0.15) is 0 Å². The summed E-state index contributed by atoms with van der Waals surface area (Å²) in [6, 6.07) is 6.88. The fourth-order valence-corrected chi connectivity index (χ4v) is 1.60. The number of methoxy groups -OCH3 is 1. The topological polar surface area (TPSA) is 64.3 Å². The molecule has 0 spiro atoms. The Labute approximate surface area is 102 Å². The van der Waals surface area contributed by atoms with Gasteiger partial charge in [-0.05, 0) is 40.8 Å². The molecular weight excluding hydrogens is 307 g/mol. The van der Waals surface area contributed by atoms with Gasteiger partial charge in [0.05, 0.1) is 6.61 Å². The van der Waals surface area contributed by atoms with Crippen LogP contribution >= 0.6 is 22.6 Å². The third-order valence-electron chi connectivity index (χ3n) is 1.78. The summed E-state index contributed by atoms with van der Waals surface area (Å²) in [6.45, 7) is 0.218. The summed E-state index contributed by atoms with van der Waals surface area (Å²) in [6.07, 6.45) is 0. The lowest BCUT2D eigenvalue weighted by atomic mass is 10.2. The van der Waals surface area contributed by atoms with E-state index >= 15 is 0 Å². The number of nitrogens with one attached hydrogen (secondary N) is 1. The van der Waals surface area contributed by atoms with Crippen LogP contribution in [-0.4, -0.2) is 25.7 Å². The first-order chi connectivity index (χ1) is 7.13. The van der Waals surface area contributed by atoms with E-state index in [0.29, 0.717) is 0 Å². The van der Waals surface area contributed by atoms with Crippen molar-refractivity contribution in [1.82, 2.24) is 0 Å². The van der Waals surface area contributed by atoms with Crippen LogP contribution in [0.5, 0.6) is 0 Å². The number of anilines is 1. The summed E-state index contributed by atoms with van der Waals surface area (Å²) in [5, 5.41) is 2.72. The summed E-state index contributed by atoms with van der Waals surface area (Å²) in [5.74, 6) is -0.237. The highest BCUT2D eigenvalue weighted by Gasteiger charge is 2.12. The van der Waals surface area contributed by atoms with Gasteiger partial charge in [0, 0.05) is 16.4 Å². The second-order valence-electron chi connectivity index (χ2n) is 3.06. The fraction of sp³-hybridized carbons (Fsp3) is 0.300. The minimum absolute atomic E-state index is 0.218. The van der Waals surface area contributed by atoms with Crippen LogP contribution in [-0.2, 0) is 9.53 Å². The van der Waals surface area contributed by atoms with Gasteiger partial charge in [-0.15, -0.1) is 0 Å². The number of hydrogen-bond donors (Lipinski definition) is 2. The number of halogens is 1. The summed E-state index contributed by atoms with van der Waals surface area (Å²) < 4.78 is 5.86. The SMILES string of the molecule is COCC(N)C(=O)Nc1cccc(I)c1. The predicted molar refractivity (Wildman–Crippen MR) is 67.6 cm³/mol. The molecule has 0 aliphatic heterocycles. The predicted octanol–water partition coefficient (Wildman–Crippen LogP) is 1.20. The van der Waals surface area contributed by atoms with Gasteiger partial charge in [-0.3, -0.25) is 4.79 Å². The molecule has 0 aromatic heterocycles. The average Bonchev–Trinajstić information content (AvgIpc) is 2.18. The molecule has 3 N–H and O–H groups in total. The molecule has 0 fully saturated rings. The van der Waals surface area contributed by atoms with Crippen molar-refractivity contribution in [2.45, 2.75) is 6.04 Å². The van der Waals surface area contributed by atoms with Crippen LogP contribution in [0.3, 0.4) is 0 Å². The molecule has 5 heteroatoms. The molecule has 1 unspecified atom stereocenters. The number of nitrogens with two attached hydrogens (primary N) is 1. The van der Waals surface area contributed by atoms with Gasteiger partial charge in [-0.25, -0.2) is 0 Å². The highest BCUT2D eigenvalue weighted by molar-refractivity contribution is 14.1. The number of carbonyl (C=O) groups excluding carboxylic acids is 1. The Morgan fingerprint density at radius 1 is 1.67 bits per heavy atom. The molecule has 4 nitrogen and oxygen atoms in total. The lowest BCUT2D eigenvalue weighted by Crippen LogP contribution is -2.39. The van der Waals surface area contributed by atoms with E-state index in [2.05, 4.69) is 27.9 Å². The molecule has 0 aliphatic carbocycles. The Bertz CT molecular complexity index is 344. The maximum absolute atomic E-state index is 11.5. The standard InChI is InChI=1S/C10H13IN2O2/c1-15-6-9(12)10(14)13-8-4-2-3-7(11)5-8/h2-5,9H,6,12H2,1H3,(H,13,14). The largest absolute Gasteiger partial charge is 0.383 e. The minimum atomic E-state index is -0.632. The lowest BCUT2D eigenvalue weighted by Gasteiger charge is -2.11. The van der Waals surface area contributed by atoms with Crippen LogP contribution in [0.4, 0.5) is 5.69 Å². The second-order valence-corrected chi connectivity index (χ2v) is 4.31. The molecule has 1 amide bonds. The zero-order chi connectivity index (χ0) is 11.3. The summed E-state index contributed by atoms with van der Waals surface area (Å²) >= 11 is 2.18. The van der Waals surface area contributed by atoms with Gasteiger partial charge in [-0.1, -0.05) is 6.07 Å². The number of hydrogen-bond acceptors (Lipinski definition) is 3. The van der Waals surface area contributed by atoms with Gasteiger partial charge >= 0.3 is 0 Å². The van der Waals surface area contributed by atoms with E-state index in [1.165, 1.54) is 7.11 Å². The quantitative estimate of drug-likeness (QED) is 0.820. The Kier molecular flexibility index (Phi) is 5.00. The number of amides is 1. The second kappa shape index (κ2) is 6.04. The molecule has 1 rings (SSSR count). The first-order valence-corrected chi connectivity index (χ1v) is 5.52. The van der Waals surface area contributed by atoms with E-state index in [1.807, 2.05) is 24.3 Å². The highest BCUT2D eigenvalue weighted by atomic mass is 127. The third kappa shape index (κ3) is 4.15. The molecule has 0 saturated carbocycles. The Hall–Kier alpha value is -0.660. The van der Waals surface area contributed by atoms with Crippen LogP contribution < -0.4 is 11.1 Å². The smallest absolute Gasteiger partial charge is 0.243 e. The van der Waals surface area contributed by atoms with Crippen molar-refractivity contribution in [3.8, 4) is 0 Å². The van der Waals surface area contributed by atoms with Crippen LogP contribution in [0.15, 0.2) is 24.3 Å². The van der Waals surface area contributed by atoms with Crippen molar-refractivity contribution in [2.24, 2.45) is 5.73 Å². The summed E-state index contributed by atoms with van der Waals surface area (Å²) in [7, 11) is 1.51. The highest BCUT2D eigenvalue weighted by Crippen LogP contribution is 2.12. The minimum Gasteiger partial charge on any atom is -0.383 e. The van der Waals surface area contributed by atoms with E-state index in [9.17, 15) is 4.79 Å². The van der Waals surface area contributed by atoms with Crippen molar-refractivity contribution in [3.63, 3.8) is 0 Å². The van der Waals surface area contributed by atoms with Crippen LogP contribution in [0.2, 0.25) is 0 Å². The van der Waals surface area contributed by atoms with E-state index < -0.39 is 6.04 Å². The van der Waals surface area contributed by atoms with Gasteiger partial charge in [0.25, 0.3) is 0 Å². The molecule has 1 aromatic rings. The van der Waals surface area contributed by atoms with Crippen molar-refractivity contribution in [1.29, 1.82) is 0 Å². The molecule has 1 atom stereocenters. The maximum Gasteiger partial charge on any atom is 0.243 e. The number of benzene rings is 1. The van der Waals surface area contributed by atoms with Crippen LogP contribution in [0, 0.1) is 3.57 Å². The molecular formula is C10H13IN2O2. The molecule has 82 valence electrons. The Morgan fingerprint density at radius 2 is 2.40 bits per heavy atom. The number of rotatable bonds is 4. The zero-order valence-electron chi connectivity index (χ0n) is 8.37. The zero-order valence-corrected chi connectivity index (χ0v) is 10.5. The van der Waals surface area contributed by atoms with E-state index in [0.717, 1.165) is 9.26 Å². The van der Waals surface area contributed by atoms with Crippen molar-refractivity contribution >= 4 is 34.2 Å². The normalized spacial score (nSPS) is 12.2. The van der Waals surface area contributed by atoms with E-state index in [1.54, 1.807) is 0 Å². The van der Waals surface area contributed by atoms with Gasteiger partial charge in [0.15, 0.2) is 0 Å². The third-order valence-corrected chi connectivity index (χ3v) is 2.45. The number of carbonyl (C=O) groups is 1. The van der Waals surface area contributed by atoms with E-state index in [4.69, 9.17) is 10.5 Å². The van der Waals surface area contributed by atoms with E-state index in [-0.39, 0.29) is 12.5 Å². The first-order valence-electron chi connectivity index (χ1n) is 4.44. The number of ether oxygens (including phenoxy) is 1. The molecule has 0 saturated heterocycles. The first kappa shape index (κ1) is 12.4.